The zero-order valence-electron chi connectivity index (χ0n) is 12.0. The van der Waals surface area contributed by atoms with Gasteiger partial charge in [0.1, 0.15) is 11.4 Å². The molecule has 3 N–H and O–H groups in total. The molecule has 1 unspecified atom stereocenters. The number of nitrogens with one attached hydrogen (secondary N) is 3. The monoisotopic (exact) mass is 329 g/mol. The van der Waals surface area contributed by atoms with E-state index >= 15 is 0 Å². The van der Waals surface area contributed by atoms with E-state index in [1.165, 1.54) is 6.26 Å². The fourth-order valence-corrected chi connectivity index (χ4v) is 1.90. The van der Waals surface area contributed by atoms with Gasteiger partial charge in [-0.05, 0) is 25.1 Å². The number of carbonyl (C=O) groups excluding carboxylic acids is 1. The molecule has 0 aliphatic carbocycles. The van der Waals surface area contributed by atoms with Crippen LogP contribution in [0.2, 0.25) is 0 Å². The van der Waals surface area contributed by atoms with Gasteiger partial charge in [0.05, 0.1) is 11.8 Å². The number of halogens is 3. The number of H-pyrrole nitrogens is 1. The van der Waals surface area contributed by atoms with Crippen molar-refractivity contribution in [1.29, 1.82) is 0 Å². The minimum absolute atomic E-state index is 0.342. The van der Waals surface area contributed by atoms with Crippen LogP contribution in [0, 0.1) is 0 Å². The zero-order valence-corrected chi connectivity index (χ0v) is 12.0. The van der Waals surface area contributed by atoms with Crippen molar-refractivity contribution in [2.45, 2.75) is 25.6 Å². The van der Waals surface area contributed by atoms with Gasteiger partial charge in [-0.3, -0.25) is 4.79 Å². The van der Waals surface area contributed by atoms with Gasteiger partial charge in [0.25, 0.3) is 5.56 Å². The van der Waals surface area contributed by atoms with E-state index in [4.69, 9.17) is 4.42 Å². The number of hydrogen-bond donors (Lipinski definition) is 3. The average molecular weight is 329 g/mol. The van der Waals surface area contributed by atoms with Crippen molar-refractivity contribution in [1.82, 2.24) is 10.3 Å². The first-order valence-corrected chi connectivity index (χ1v) is 6.65. The van der Waals surface area contributed by atoms with Crippen molar-refractivity contribution in [2.24, 2.45) is 0 Å². The quantitative estimate of drug-likeness (QED) is 0.806. The molecule has 0 saturated heterocycles. The maximum Gasteiger partial charge on any atom is 0.417 e. The molecule has 0 aliphatic rings. The molecule has 2 aromatic heterocycles. The van der Waals surface area contributed by atoms with E-state index in [0.717, 1.165) is 0 Å². The molecule has 0 radical (unpaired) electrons. The first-order valence-electron chi connectivity index (χ1n) is 6.65. The Morgan fingerprint density at radius 3 is 2.78 bits per heavy atom. The SMILES string of the molecule is CC(Cc1ccco1)NC(=O)Nc1cc(C(F)(F)F)c[nH]c1=O. The van der Waals surface area contributed by atoms with E-state index < -0.39 is 29.0 Å². The standard InChI is InChI=1S/C14H14F3N3O3/c1-8(5-10-3-2-4-23-10)19-13(22)20-11-6-9(14(15,16)17)7-18-12(11)21/h2-4,6-8H,5H2,1H3,(H,18,21)(H2,19,20,22). The van der Waals surface area contributed by atoms with E-state index in [1.807, 2.05) is 4.98 Å². The van der Waals surface area contributed by atoms with Gasteiger partial charge < -0.3 is 20.0 Å². The Morgan fingerprint density at radius 1 is 1.43 bits per heavy atom. The zero-order chi connectivity index (χ0) is 17.0. The fraction of sp³-hybridized carbons (Fsp3) is 0.286. The highest BCUT2D eigenvalue weighted by Gasteiger charge is 2.31. The molecular formula is C14H14F3N3O3. The van der Waals surface area contributed by atoms with Crippen molar-refractivity contribution < 1.29 is 22.4 Å². The highest BCUT2D eigenvalue weighted by atomic mass is 19.4. The molecule has 0 aromatic carbocycles. The third-order valence-electron chi connectivity index (χ3n) is 2.94. The fourth-order valence-electron chi connectivity index (χ4n) is 1.90. The van der Waals surface area contributed by atoms with Gasteiger partial charge in [-0.25, -0.2) is 4.79 Å². The number of aromatic nitrogens is 1. The highest BCUT2D eigenvalue weighted by molar-refractivity contribution is 5.89. The molecule has 0 aliphatic heterocycles. The Balaban J connectivity index is 2.01. The second-order valence-electron chi connectivity index (χ2n) is 4.91. The Morgan fingerprint density at radius 2 is 2.17 bits per heavy atom. The molecule has 0 fully saturated rings. The van der Waals surface area contributed by atoms with Crippen LogP contribution in [-0.2, 0) is 12.6 Å². The van der Waals surface area contributed by atoms with Crippen LogP contribution in [0.3, 0.4) is 0 Å². The minimum atomic E-state index is -4.62. The average Bonchev–Trinajstić information content (AvgIpc) is 2.92. The number of urea groups is 1. The Bertz CT molecular complexity index is 723. The van der Waals surface area contributed by atoms with E-state index in [9.17, 15) is 22.8 Å². The van der Waals surface area contributed by atoms with Crippen LogP contribution in [0.25, 0.3) is 0 Å². The molecule has 1 atom stereocenters. The summed E-state index contributed by atoms with van der Waals surface area (Å²) < 4.78 is 42.9. The van der Waals surface area contributed by atoms with Crippen LogP contribution in [-0.4, -0.2) is 17.1 Å². The summed E-state index contributed by atoms with van der Waals surface area (Å²) in [7, 11) is 0. The van der Waals surface area contributed by atoms with Gasteiger partial charge in [0.2, 0.25) is 0 Å². The number of carbonyl (C=O) groups is 1. The van der Waals surface area contributed by atoms with Crippen LogP contribution in [0.15, 0.2) is 39.9 Å². The number of pyridine rings is 1. The minimum Gasteiger partial charge on any atom is -0.469 e. The number of alkyl halides is 3. The normalized spacial score (nSPS) is 12.7. The summed E-state index contributed by atoms with van der Waals surface area (Å²) in [4.78, 5) is 25.2. The predicted molar refractivity (Wildman–Crippen MR) is 76.1 cm³/mol. The second kappa shape index (κ2) is 6.59. The van der Waals surface area contributed by atoms with Gasteiger partial charge in [0.15, 0.2) is 0 Å². The number of amides is 2. The highest BCUT2D eigenvalue weighted by Crippen LogP contribution is 2.29. The first-order chi connectivity index (χ1) is 10.8. The first kappa shape index (κ1) is 16.7. The molecule has 23 heavy (non-hydrogen) atoms. The summed E-state index contributed by atoms with van der Waals surface area (Å²) >= 11 is 0. The molecule has 0 spiro atoms. The largest absolute Gasteiger partial charge is 0.469 e. The molecule has 2 heterocycles. The lowest BCUT2D eigenvalue weighted by atomic mass is 10.2. The van der Waals surface area contributed by atoms with Crippen molar-refractivity contribution in [3.63, 3.8) is 0 Å². The van der Waals surface area contributed by atoms with E-state index in [-0.39, 0.29) is 6.04 Å². The maximum absolute atomic E-state index is 12.6. The molecule has 9 heteroatoms. The summed E-state index contributed by atoms with van der Waals surface area (Å²) in [6.07, 6.45) is -2.18. The number of rotatable bonds is 4. The molecule has 124 valence electrons. The molecule has 2 rings (SSSR count). The van der Waals surface area contributed by atoms with E-state index in [0.29, 0.717) is 24.4 Å². The molecule has 2 amide bonds. The summed E-state index contributed by atoms with van der Waals surface area (Å²) in [6, 6.07) is 2.88. The molecule has 2 aromatic rings. The van der Waals surface area contributed by atoms with Crippen LogP contribution >= 0.6 is 0 Å². The van der Waals surface area contributed by atoms with Gasteiger partial charge in [0, 0.05) is 18.7 Å². The van der Waals surface area contributed by atoms with Crippen LogP contribution in [0.4, 0.5) is 23.7 Å². The van der Waals surface area contributed by atoms with Crippen molar-refractivity contribution in [3.05, 3.63) is 52.3 Å². The van der Waals surface area contributed by atoms with Gasteiger partial charge in [-0.1, -0.05) is 0 Å². The maximum atomic E-state index is 12.6. The lowest BCUT2D eigenvalue weighted by molar-refractivity contribution is -0.137. The van der Waals surface area contributed by atoms with E-state index in [2.05, 4.69) is 10.6 Å². The smallest absolute Gasteiger partial charge is 0.417 e. The second-order valence-corrected chi connectivity index (χ2v) is 4.91. The Kier molecular flexibility index (Phi) is 4.77. The number of anilines is 1. The van der Waals surface area contributed by atoms with Gasteiger partial charge in [-0.2, -0.15) is 13.2 Å². The Hall–Kier alpha value is -2.71. The van der Waals surface area contributed by atoms with Crippen LogP contribution < -0.4 is 16.2 Å². The van der Waals surface area contributed by atoms with Gasteiger partial charge >= 0.3 is 12.2 Å². The lowest BCUT2D eigenvalue weighted by Gasteiger charge is -2.14. The molecular weight excluding hydrogens is 315 g/mol. The molecule has 0 saturated carbocycles. The number of hydrogen-bond acceptors (Lipinski definition) is 3. The lowest BCUT2D eigenvalue weighted by Crippen LogP contribution is -2.38. The molecule has 6 nitrogen and oxygen atoms in total. The topological polar surface area (TPSA) is 87.1 Å². The summed E-state index contributed by atoms with van der Waals surface area (Å²) in [5.74, 6) is 0.648. The van der Waals surface area contributed by atoms with Gasteiger partial charge in [-0.15, -0.1) is 0 Å². The summed E-state index contributed by atoms with van der Waals surface area (Å²) in [5.41, 5.74) is -2.37. The van der Waals surface area contributed by atoms with Crippen LogP contribution in [0.5, 0.6) is 0 Å². The molecule has 0 bridgehead atoms. The van der Waals surface area contributed by atoms with Crippen LogP contribution in [0.1, 0.15) is 18.2 Å². The predicted octanol–water partition coefficient (Wildman–Crippen LogP) is 2.74. The third kappa shape index (κ3) is 4.63. The number of furan rings is 1. The Labute approximate surface area is 128 Å². The van der Waals surface area contributed by atoms with E-state index in [1.54, 1.807) is 19.1 Å². The van der Waals surface area contributed by atoms with Crippen molar-refractivity contribution in [2.75, 3.05) is 5.32 Å². The van der Waals surface area contributed by atoms with Crippen molar-refractivity contribution in [3.8, 4) is 0 Å². The summed E-state index contributed by atoms with van der Waals surface area (Å²) in [5, 5.41) is 4.62. The summed E-state index contributed by atoms with van der Waals surface area (Å²) in [6.45, 7) is 1.69. The third-order valence-corrected chi connectivity index (χ3v) is 2.94. The number of aromatic amines is 1. The van der Waals surface area contributed by atoms with Crippen molar-refractivity contribution >= 4 is 11.7 Å².